The highest BCUT2D eigenvalue weighted by Gasteiger charge is 2.53. The summed E-state index contributed by atoms with van der Waals surface area (Å²) in [5, 5.41) is 120. The standard InChI is InChI=1S/C60H109NO18/c1-3-5-7-9-11-13-15-17-19-21-22-24-26-28-30-32-34-36-38-48(66)61-43(44(65)37-35-33-31-29-27-25-23-20-18-16-14-12-10-8-6-4-2)42-74-58-54(72)51(69)56(46(40-63)76-58)79-60-55(73)52(70)57(47(41-64)77-60)78-59-53(71)50(68)49(67)45(39-62)75-59/h19,21,27,29,35,37,43-47,49-60,62-65,67-73H,3-18,20,22-26,28,30-34,36,38-42H2,1-2H3,(H,61,66)/b21-19-,29-27+,37-35+. The van der Waals surface area contributed by atoms with Crippen LogP contribution in [0.15, 0.2) is 36.5 Å². The minimum absolute atomic E-state index is 0.231. The predicted octanol–water partition coefficient (Wildman–Crippen LogP) is 5.71. The first-order valence-electron chi connectivity index (χ1n) is 30.7. The van der Waals surface area contributed by atoms with Crippen molar-refractivity contribution >= 4 is 5.91 Å². The lowest BCUT2D eigenvalue weighted by Crippen LogP contribution is -2.66. The third-order valence-corrected chi connectivity index (χ3v) is 15.4. The van der Waals surface area contributed by atoms with E-state index in [1.54, 1.807) is 6.08 Å². The van der Waals surface area contributed by atoms with Gasteiger partial charge in [0, 0.05) is 6.42 Å². The summed E-state index contributed by atoms with van der Waals surface area (Å²) in [4.78, 5) is 13.3. The third-order valence-electron chi connectivity index (χ3n) is 15.4. The zero-order chi connectivity index (χ0) is 57.6. The van der Waals surface area contributed by atoms with E-state index < -0.39 is 124 Å². The number of hydrogen-bond donors (Lipinski definition) is 12. The second-order valence-corrected chi connectivity index (χ2v) is 22.2. The average Bonchev–Trinajstić information content (AvgIpc) is 3.47. The maximum absolute atomic E-state index is 13.3. The molecule has 3 saturated heterocycles. The molecule has 3 rings (SSSR count). The summed E-state index contributed by atoms with van der Waals surface area (Å²) in [5.41, 5.74) is 0. The number of carbonyl (C=O) groups is 1. The molecule has 462 valence electrons. The first-order valence-corrected chi connectivity index (χ1v) is 30.7. The maximum atomic E-state index is 13.3. The number of amides is 1. The summed E-state index contributed by atoms with van der Waals surface area (Å²) in [6, 6.07) is -0.990. The smallest absolute Gasteiger partial charge is 0.220 e. The number of hydrogen-bond acceptors (Lipinski definition) is 18. The first-order chi connectivity index (χ1) is 38.3. The van der Waals surface area contributed by atoms with Crippen molar-refractivity contribution in [2.45, 2.75) is 311 Å². The van der Waals surface area contributed by atoms with Crippen LogP contribution in [0.5, 0.6) is 0 Å². The van der Waals surface area contributed by atoms with Gasteiger partial charge in [0.1, 0.15) is 73.2 Å². The first kappa shape index (κ1) is 71.3. The summed E-state index contributed by atoms with van der Waals surface area (Å²) in [6.07, 6.45) is 19.8. The second-order valence-electron chi connectivity index (χ2n) is 22.2. The number of ether oxygens (including phenoxy) is 6. The van der Waals surface area contributed by atoms with Crippen LogP contribution in [-0.2, 0) is 33.2 Å². The summed E-state index contributed by atoms with van der Waals surface area (Å²) < 4.78 is 34.2. The van der Waals surface area contributed by atoms with Gasteiger partial charge < -0.3 is 89.9 Å². The second kappa shape index (κ2) is 43.6. The van der Waals surface area contributed by atoms with E-state index in [9.17, 15) is 61.0 Å². The molecular weight excluding hydrogens is 1020 g/mol. The molecule has 0 aromatic heterocycles. The van der Waals surface area contributed by atoms with Crippen LogP contribution in [0.1, 0.15) is 206 Å². The summed E-state index contributed by atoms with van der Waals surface area (Å²) in [5.74, 6) is -0.290. The van der Waals surface area contributed by atoms with Crippen LogP contribution in [0, 0.1) is 0 Å². The molecule has 0 aromatic carbocycles. The summed E-state index contributed by atoms with van der Waals surface area (Å²) in [6.45, 7) is 1.69. The van der Waals surface area contributed by atoms with Gasteiger partial charge in [-0.1, -0.05) is 179 Å². The van der Waals surface area contributed by atoms with Crippen molar-refractivity contribution in [3.63, 3.8) is 0 Å². The highest BCUT2D eigenvalue weighted by Crippen LogP contribution is 2.33. The molecule has 1 amide bonds. The van der Waals surface area contributed by atoms with E-state index in [1.165, 1.54) is 122 Å². The Morgan fingerprint density at radius 2 is 0.810 bits per heavy atom. The van der Waals surface area contributed by atoms with E-state index in [0.717, 1.165) is 51.4 Å². The Kier molecular flexibility index (Phi) is 39.4. The number of rotatable bonds is 45. The van der Waals surface area contributed by atoms with Crippen LogP contribution in [0.2, 0.25) is 0 Å². The average molecular weight is 1130 g/mol. The Morgan fingerprint density at radius 3 is 1.27 bits per heavy atom. The van der Waals surface area contributed by atoms with E-state index in [-0.39, 0.29) is 18.9 Å². The van der Waals surface area contributed by atoms with Gasteiger partial charge in [-0.15, -0.1) is 0 Å². The molecule has 19 nitrogen and oxygen atoms in total. The normalized spacial score (nSPS) is 30.5. The van der Waals surface area contributed by atoms with Gasteiger partial charge in [-0.05, 0) is 57.8 Å². The van der Waals surface area contributed by atoms with Gasteiger partial charge in [0.2, 0.25) is 5.91 Å². The van der Waals surface area contributed by atoms with Crippen molar-refractivity contribution in [1.29, 1.82) is 0 Å². The van der Waals surface area contributed by atoms with E-state index in [4.69, 9.17) is 28.4 Å². The molecule has 17 unspecified atom stereocenters. The quantitative estimate of drug-likeness (QED) is 0.0257. The lowest BCUT2D eigenvalue weighted by molar-refractivity contribution is -0.379. The van der Waals surface area contributed by atoms with Crippen LogP contribution >= 0.6 is 0 Å². The number of allylic oxidation sites excluding steroid dienone is 5. The molecule has 3 heterocycles. The molecule has 3 aliphatic rings. The number of aliphatic hydroxyl groups is 11. The molecule has 0 radical (unpaired) electrons. The fourth-order valence-electron chi connectivity index (χ4n) is 10.3. The van der Waals surface area contributed by atoms with Gasteiger partial charge in [0.15, 0.2) is 18.9 Å². The Labute approximate surface area is 472 Å². The SMILES string of the molecule is CCCCCCCCC/C=C\CCCCCCCCCC(=O)NC(COC1OC(CO)C(OC2OC(CO)C(OC3OC(CO)C(O)C(O)C3O)C(O)C2O)C(O)C1O)C(O)/C=C/CC/C=C/CCCCCCCCCCCC. The fourth-order valence-corrected chi connectivity index (χ4v) is 10.3. The van der Waals surface area contributed by atoms with Gasteiger partial charge >= 0.3 is 0 Å². The summed E-state index contributed by atoms with van der Waals surface area (Å²) >= 11 is 0. The zero-order valence-corrected chi connectivity index (χ0v) is 48.1. The Hall–Kier alpha value is -1.99. The van der Waals surface area contributed by atoms with E-state index in [2.05, 4.69) is 43.5 Å². The minimum Gasteiger partial charge on any atom is -0.394 e. The number of unbranched alkanes of at least 4 members (excludes halogenated alkanes) is 25. The molecule has 0 spiro atoms. The van der Waals surface area contributed by atoms with Gasteiger partial charge in [0.25, 0.3) is 0 Å². The molecule has 3 fully saturated rings. The van der Waals surface area contributed by atoms with Crippen molar-refractivity contribution in [3.8, 4) is 0 Å². The monoisotopic (exact) mass is 1130 g/mol. The molecule has 17 atom stereocenters. The van der Waals surface area contributed by atoms with Crippen LogP contribution in [0.4, 0.5) is 0 Å². The number of nitrogens with one attached hydrogen (secondary N) is 1. The topological polar surface area (TPSA) is 307 Å². The van der Waals surface area contributed by atoms with E-state index in [0.29, 0.717) is 12.8 Å². The molecule has 0 aliphatic carbocycles. The Morgan fingerprint density at radius 1 is 0.443 bits per heavy atom. The molecule has 12 N–H and O–H groups in total. The fraction of sp³-hybridized carbons (Fsp3) is 0.883. The zero-order valence-electron chi connectivity index (χ0n) is 48.1. The van der Waals surface area contributed by atoms with Gasteiger partial charge in [-0.3, -0.25) is 4.79 Å². The highest BCUT2D eigenvalue weighted by molar-refractivity contribution is 5.76. The molecule has 3 aliphatic heterocycles. The largest absolute Gasteiger partial charge is 0.394 e. The lowest BCUT2D eigenvalue weighted by Gasteiger charge is -2.48. The van der Waals surface area contributed by atoms with Crippen molar-refractivity contribution in [2.24, 2.45) is 0 Å². The third kappa shape index (κ3) is 27.5. The lowest BCUT2D eigenvalue weighted by atomic mass is 9.96. The number of aliphatic hydroxyl groups excluding tert-OH is 11. The van der Waals surface area contributed by atoms with Crippen molar-refractivity contribution in [2.75, 3.05) is 26.4 Å². The number of carbonyl (C=O) groups excluding carboxylic acids is 1. The molecule has 0 aromatic rings. The molecule has 79 heavy (non-hydrogen) atoms. The van der Waals surface area contributed by atoms with E-state index >= 15 is 0 Å². The molecular formula is C60H109NO18. The summed E-state index contributed by atoms with van der Waals surface area (Å²) in [7, 11) is 0. The maximum Gasteiger partial charge on any atom is 0.220 e. The van der Waals surface area contributed by atoms with Crippen LogP contribution in [0.25, 0.3) is 0 Å². The molecule has 19 heteroatoms. The predicted molar refractivity (Wildman–Crippen MR) is 300 cm³/mol. The minimum atomic E-state index is -1.98. The van der Waals surface area contributed by atoms with Crippen molar-refractivity contribution in [1.82, 2.24) is 5.32 Å². The van der Waals surface area contributed by atoms with Gasteiger partial charge in [0.05, 0.1) is 38.6 Å². The van der Waals surface area contributed by atoms with Gasteiger partial charge in [-0.2, -0.15) is 0 Å². The van der Waals surface area contributed by atoms with Gasteiger partial charge in [-0.25, -0.2) is 0 Å². The Balaban J connectivity index is 1.51. The Bertz CT molecular complexity index is 1590. The molecule has 0 bridgehead atoms. The van der Waals surface area contributed by atoms with Crippen LogP contribution in [-0.4, -0.2) is 193 Å². The highest BCUT2D eigenvalue weighted by atomic mass is 16.8. The van der Waals surface area contributed by atoms with Crippen molar-refractivity contribution in [3.05, 3.63) is 36.5 Å². The van der Waals surface area contributed by atoms with Crippen molar-refractivity contribution < 1.29 is 89.4 Å². The van der Waals surface area contributed by atoms with Crippen LogP contribution in [0.3, 0.4) is 0 Å². The molecule has 0 saturated carbocycles. The van der Waals surface area contributed by atoms with E-state index in [1.807, 2.05) is 6.08 Å². The van der Waals surface area contributed by atoms with Crippen LogP contribution < -0.4 is 5.32 Å².